The highest BCUT2D eigenvalue weighted by Gasteiger charge is 2.40. The van der Waals surface area contributed by atoms with Crippen LogP contribution in [-0.2, 0) is 21.6 Å². The Hall–Kier alpha value is -2.95. The summed E-state index contributed by atoms with van der Waals surface area (Å²) in [5.74, 6) is -0.488. The molecule has 5 nitrogen and oxygen atoms in total. The molecule has 0 aliphatic carbocycles. The molecule has 0 unspecified atom stereocenters. The minimum atomic E-state index is -0.611. The van der Waals surface area contributed by atoms with Crippen molar-refractivity contribution in [3.05, 3.63) is 78.1 Å². The van der Waals surface area contributed by atoms with Gasteiger partial charge in [-0.1, -0.05) is 57.2 Å². The van der Waals surface area contributed by atoms with Gasteiger partial charge in [0.2, 0.25) is 0 Å². The topological polar surface area (TPSA) is 59.5 Å². The first-order chi connectivity index (χ1) is 13.8. The SMILES string of the molecule is C=C[C@@H]1C[C@H](C(=O)OCc2ccccc2)N(C(=O)c2ccnc(C(C)(C)C)c2)C1. The summed E-state index contributed by atoms with van der Waals surface area (Å²) in [6, 6.07) is 12.4. The van der Waals surface area contributed by atoms with Crippen molar-refractivity contribution in [3.63, 3.8) is 0 Å². The van der Waals surface area contributed by atoms with Crippen LogP contribution in [0.15, 0.2) is 61.3 Å². The van der Waals surface area contributed by atoms with E-state index in [1.807, 2.05) is 36.4 Å². The normalized spacial score (nSPS) is 19.1. The fourth-order valence-electron chi connectivity index (χ4n) is 3.45. The van der Waals surface area contributed by atoms with Gasteiger partial charge >= 0.3 is 5.97 Å². The zero-order valence-electron chi connectivity index (χ0n) is 17.3. The van der Waals surface area contributed by atoms with E-state index >= 15 is 0 Å². The van der Waals surface area contributed by atoms with E-state index < -0.39 is 6.04 Å². The van der Waals surface area contributed by atoms with Crippen LogP contribution in [0.5, 0.6) is 0 Å². The molecule has 1 saturated heterocycles. The first-order valence-electron chi connectivity index (χ1n) is 9.90. The number of amides is 1. The van der Waals surface area contributed by atoms with E-state index in [4.69, 9.17) is 4.74 Å². The molecule has 1 aromatic heterocycles. The minimum Gasteiger partial charge on any atom is -0.459 e. The van der Waals surface area contributed by atoms with Gasteiger partial charge in [0.15, 0.2) is 0 Å². The van der Waals surface area contributed by atoms with Crippen molar-refractivity contribution in [1.82, 2.24) is 9.88 Å². The Labute approximate surface area is 172 Å². The molecule has 2 heterocycles. The zero-order chi connectivity index (χ0) is 21.0. The molecule has 0 bridgehead atoms. The van der Waals surface area contributed by atoms with E-state index in [1.54, 1.807) is 23.2 Å². The third kappa shape index (κ3) is 4.91. The zero-order valence-corrected chi connectivity index (χ0v) is 17.3. The number of esters is 1. The van der Waals surface area contributed by atoms with Crippen molar-refractivity contribution in [2.45, 2.75) is 45.3 Å². The Bertz CT molecular complexity index is 886. The lowest BCUT2D eigenvalue weighted by Gasteiger charge is -2.24. The number of nitrogens with zero attached hydrogens (tertiary/aromatic N) is 2. The summed E-state index contributed by atoms with van der Waals surface area (Å²) in [6.07, 6.45) is 3.98. The van der Waals surface area contributed by atoms with Crippen LogP contribution in [0.25, 0.3) is 0 Å². The lowest BCUT2D eigenvalue weighted by molar-refractivity contribution is -0.149. The number of pyridine rings is 1. The van der Waals surface area contributed by atoms with Gasteiger partial charge in [0.05, 0.1) is 0 Å². The van der Waals surface area contributed by atoms with E-state index in [-0.39, 0.29) is 29.8 Å². The molecule has 29 heavy (non-hydrogen) atoms. The monoisotopic (exact) mass is 392 g/mol. The lowest BCUT2D eigenvalue weighted by Crippen LogP contribution is -2.41. The van der Waals surface area contributed by atoms with Crippen LogP contribution in [0.2, 0.25) is 0 Å². The van der Waals surface area contributed by atoms with E-state index in [9.17, 15) is 9.59 Å². The van der Waals surface area contributed by atoms with E-state index in [1.165, 1.54) is 0 Å². The molecule has 2 aromatic rings. The second kappa shape index (κ2) is 8.60. The largest absolute Gasteiger partial charge is 0.459 e. The maximum absolute atomic E-state index is 13.2. The smallest absolute Gasteiger partial charge is 0.329 e. The van der Waals surface area contributed by atoms with Crippen LogP contribution in [-0.4, -0.2) is 34.3 Å². The first-order valence-corrected chi connectivity index (χ1v) is 9.90. The maximum Gasteiger partial charge on any atom is 0.329 e. The Kier molecular flexibility index (Phi) is 6.16. The van der Waals surface area contributed by atoms with Gasteiger partial charge in [0, 0.05) is 29.4 Å². The van der Waals surface area contributed by atoms with Crippen LogP contribution in [0, 0.1) is 5.92 Å². The van der Waals surface area contributed by atoms with Gasteiger partial charge in [0.1, 0.15) is 12.6 Å². The molecular weight excluding hydrogens is 364 g/mol. The fourth-order valence-corrected chi connectivity index (χ4v) is 3.45. The molecule has 0 radical (unpaired) electrons. The summed E-state index contributed by atoms with van der Waals surface area (Å²) in [4.78, 5) is 32.0. The molecule has 1 amide bonds. The number of aromatic nitrogens is 1. The molecular formula is C24H28N2O3. The molecule has 1 aliphatic heterocycles. The summed E-state index contributed by atoms with van der Waals surface area (Å²) >= 11 is 0. The van der Waals surface area contributed by atoms with Gasteiger partial charge in [-0.25, -0.2) is 4.79 Å². The number of carbonyl (C=O) groups excluding carboxylic acids is 2. The van der Waals surface area contributed by atoms with Crippen LogP contribution in [0.1, 0.15) is 48.8 Å². The number of benzene rings is 1. The Morgan fingerprint density at radius 3 is 2.62 bits per heavy atom. The third-order valence-electron chi connectivity index (χ3n) is 5.20. The van der Waals surface area contributed by atoms with E-state index in [0.717, 1.165) is 11.3 Å². The average Bonchev–Trinajstić information content (AvgIpc) is 3.16. The predicted molar refractivity (Wildman–Crippen MR) is 112 cm³/mol. The van der Waals surface area contributed by atoms with Crippen LogP contribution in [0.3, 0.4) is 0 Å². The van der Waals surface area contributed by atoms with E-state index in [2.05, 4.69) is 32.3 Å². The van der Waals surface area contributed by atoms with Gasteiger partial charge < -0.3 is 9.64 Å². The molecule has 0 spiro atoms. The maximum atomic E-state index is 13.2. The summed E-state index contributed by atoms with van der Waals surface area (Å²) in [6.45, 7) is 10.7. The number of carbonyl (C=O) groups is 2. The molecule has 1 fully saturated rings. The van der Waals surface area contributed by atoms with Crippen molar-refractivity contribution < 1.29 is 14.3 Å². The van der Waals surface area contributed by atoms with E-state index in [0.29, 0.717) is 18.5 Å². The van der Waals surface area contributed by atoms with Crippen LogP contribution in [0.4, 0.5) is 0 Å². The summed E-state index contributed by atoms with van der Waals surface area (Å²) < 4.78 is 5.52. The van der Waals surface area contributed by atoms with Crippen molar-refractivity contribution in [2.24, 2.45) is 5.92 Å². The molecule has 2 atom stereocenters. The van der Waals surface area contributed by atoms with Gasteiger partial charge in [-0.05, 0) is 30.0 Å². The van der Waals surface area contributed by atoms with Gasteiger partial charge in [-0.3, -0.25) is 9.78 Å². The highest BCUT2D eigenvalue weighted by Crippen LogP contribution is 2.28. The van der Waals surface area contributed by atoms with Gasteiger partial charge in [-0.15, -0.1) is 6.58 Å². The number of hydrogen-bond donors (Lipinski definition) is 0. The molecule has 0 saturated carbocycles. The Morgan fingerprint density at radius 1 is 1.24 bits per heavy atom. The Balaban J connectivity index is 1.77. The predicted octanol–water partition coefficient (Wildman–Crippen LogP) is 4.14. The number of rotatable bonds is 5. The summed E-state index contributed by atoms with van der Waals surface area (Å²) in [5.41, 5.74) is 2.13. The molecule has 3 rings (SSSR count). The molecule has 1 aromatic carbocycles. The van der Waals surface area contributed by atoms with Gasteiger partial charge in [-0.2, -0.15) is 0 Å². The average molecular weight is 392 g/mol. The molecule has 1 aliphatic rings. The lowest BCUT2D eigenvalue weighted by atomic mass is 9.91. The van der Waals surface area contributed by atoms with Crippen LogP contribution < -0.4 is 0 Å². The third-order valence-corrected chi connectivity index (χ3v) is 5.20. The minimum absolute atomic E-state index is 0.0668. The van der Waals surface area contributed by atoms with Crippen molar-refractivity contribution in [3.8, 4) is 0 Å². The molecule has 5 heteroatoms. The fraction of sp³-hybridized carbons (Fsp3) is 0.375. The highest BCUT2D eigenvalue weighted by atomic mass is 16.5. The van der Waals surface area contributed by atoms with Crippen molar-refractivity contribution in [2.75, 3.05) is 6.54 Å². The number of likely N-dealkylation sites (tertiary alicyclic amines) is 1. The second-order valence-corrected chi connectivity index (χ2v) is 8.48. The molecule has 152 valence electrons. The Morgan fingerprint density at radius 2 is 1.97 bits per heavy atom. The van der Waals surface area contributed by atoms with Gasteiger partial charge in [0.25, 0.3) is 5.91 Å². The highest BCUT2D eigenvalue weighted by molar-refractivity contribution is 5.97. The van der Waals surface area contributed by atoms with Crippen LogP contribution >= 0.6 is 0 Å². The standard InChI is InChI=1S/C24H28N2O3/c1-5-17-13-20(23(28)29-16-18-9-7-6-8-10-18)26(15-17)22(27)19-11-12-25-21(14-19)24(2,3)4/h5-12,14,17,20H,1,13,15-16H2,2-4H3/t17-,20-/m1/s1. The number of hydrogen-bond acceptors (Lipinski definition) is 4. The summed E-state index contributed by atoms with van der Waals surface area (Å²) in [7, 11) is 0. The second-order valence-electron chi connectivity index (χ2n) is 8.48. The summed E-state index contributed by atoms with van der Waals surface area (Å²) in [5, 5.41) is 0. The van der Waals surface area contributed by atoms with Crippen molar-refractivity contribution >= 4 is 11.9 Å². The van der Waals surface area contributed by atoms with Crippen molar-refractivity contribution in [1.29, 1.82) is 0 Å². The number of ether oxygens (including phenoxy) is 1. The quantitative estimate of drug-likeness (QED) is 0.567. The first kappa shape index (κ1) is 20.8. The molecule has 0 N–H and O–H groups in total.